The average Bonchev–Trinajstić information content (AvgIpc) is 3.20. The van der Waals surface area contributed by atoms with Crippen LogP contribution in [-0.4, -0.2) is 39.5 Å². The average molecular weight is 403 g/mol. The van der Waals surface area contributed by atoms with Crippen LogP contribution in [0.5, 0.6) is 5.75 Å². The summed E-state index contributed by atoms with van der Waals surface area (Å²) in [6.45, 7) is 4.52. The predicted octanol–water partition coefficient (Wildman–Crippen LogP) is 3.73. The third-order valence-electron chi connectivity index (χ3n) is 5.72. The van der Waals surface area contributed by atoms with E-state index in [4.69, 9.17) is 4.74 Å². The number of carbonyl (C=O) groups is 2. The fraction of sp³-hybridized carbons (Fsp3) is 0.292. The number of hydrogen-bond acceptors (Lipinski definition) is 4. The first-order valence-corrected chi connectivity index (χ1v) is 10.1. The van der Waals surface area contributed by atoms with Crippen LogP contribution in [0.25, 0.3) is 11.3 Å². The van der Waals surface area contributed by atoms with Crippen LogP contribution in [0, 0.1) is 0 Å². The molecule has 0 aliphatic carbocycles. The van der Waals surface area contributed by atoms with Crippen LogP contribution in [0.3, 0.4) is 0 Å². The van der Waals surface area contributed by atoms with Gasteiger partial charge in [-0.2, -0.15) is 5.10 Å². The normalized spacial score (nSPS) is 18.2. The molecule has 1 aromatic heterocycles. The van der Waals surface area contributed by atoms with Gasteiger partial charge in [-0.05, 0) is 42.7 Å². The first kappa shape index (κ1) is 19.9. The molecule has 0 spiro atoms. The van der Waals surface area contributed by atoms with Gasteiger partial charge in [0.2, 0.25) is 0 Å². The highest BCUT2D eigenvalue weighted by Gasteiger charge is 2.42. The monoisotopic (exact) mass is 403 g/mol. The number of benzene rings is 2. The highest BCUT2D eigenvalue weighted by Crippen LogP contribution is 2.30. The van der Waals surface area contributed by atoms with E-state index in [1.54, 1.807) is 23.6 Å². The highest BCUT2D eigenvalue weighted by molar-refractivity contribution is 5.97. The molecular formula is C24H25N3O3. The molecule has 0 saturated heterocycles. The van der Waals surface area contributed by atoms with Gasteiger partial charge in [-0.25, -0.2) is 0 Å². The minimum Gasteiger partial charge on any atom is -0.497 e. The minimum atomic E-state index is -0.984. The lowest BCUT2D eigenvalue weighted by Crippen LogP contribution is -2.57. The van der Waals surface area contributed by atoms with Crippen LogP contribution in [0.15, 0.2) is 54.6 Å². The van der Waals surface area contributed by atoms with E-state index < -0.39 is 5.54 Å². The molecule has 1 amide bonds. The van der Waals surface area contributed by atoms with Crippen molar-refractivity contribution in [2.24, 2.45) is 0 Å². The molecule has 2 aromatic carbocycles. The Balaban J connectivity index is 1.69. The van der Waals surface area contributed by atoms with Gasteiger partial charge in [0.05, 0.1) is 19.3 Å². The molecule has 30 heavy (non-hydrogen) atoms. The Hall–Kier alpha value is -3.41. The summed E-state index contributed by atoms with van der Waals surface area (Å²) >= 11 is 0. The maximum absolute atomic E-state index is 13.4. The molecule has 154 valence electrons. The number of amides is 1. The SMILES string of the molecule is CCc1ccc(-c2cc3n(n2)CC(C)(C=O)N(Cc2cccc(OC)c2)C3=O)cc1. The molecule has 6 nitrogen and oxygen atoms in total. The van der Waals surface area contributed by atoms with E-state index in [1.807, 2.05) is 42.5 Å². The molecule has 1 unspecified atom stereocenters. The molecule has 0 bridgehead atoms. The van der Waals surface area contributed by atoms with Crippen molar-refractivity contribution in [2.75, 3.05) is 7.11 Å². The maximum atomic E-state index is 13.4. The van der Waals surface area contributed by atoms with Crippen LogP contribution in [0.1, 0.15) is 35.5 Å². The second-order valence-corrected chi connectivity index (χ2v) is 7.84. The van der Waals surface area contributed by atoms with Crippen molar-refractivity contribution in [3.63, 3.8) is 0 Å². The quantitative estimate of drug-likeness (QED) is 0.588. The van der Waals surface area contributed by atoms with Crippen molar-refractivity contribution >= 4 is 12.2 Å². The first-order chi connectivity index (χ1) is 14.5. The third kappa shape index (κ3) is 3.49. The molecule has 6 heteroatoms. The minimum absolute atomic E-state index is 0.206. The Morgan fingerprint density at radius 2 is 1.90 bits per heavy atom. The lowest BCUT2D eigenvalue weighted by atomic mass is 9.97. The van der Waals surface area contributed by atoms with Gasteiger partial charge in [-0.3, -0.25) is 9.48 Å². The number of ether oxygens (including phenoxy) is 1. The van der Waals surface area contributed by atoms with Crippen LogP contribution >= 0.6 is 0 Å². The number of aryl methyl sites for hydroxylation is 1. The molecular weight excluding hydrogens is 378 g/mol. The summed E-state index contributed by atoms with van der Waals surface area (Å²) in [7, 11) is 1.60. The second-order valence-electron chi connectivity index (χ2n) is 7.84. The van der Waals surface area contributed by atoms with E-state index in [1.165, 1.54) is 5.56 Å². The molecule has 2 heterocycles. The molecule has 0 saturated carbocycles. The summed E-state index contributed by atoms with van der Waals surface area (Å²) in [5.74, 6) is 0.509. The van der Waals surface area contributed by atoms with Crippen LogP contribution in [0.4, 0.5) is 0 Å². The van der Waals surface area contributed by atoms with Crippen LogP contribution in [-0.2, 0) is 24.3 Å². The molecule has 4 rings (SSSR count). The zero-order valence-corrected chi connectivity index (χ0v) is 17.5. The largest absolute Gasteiger partial charge is 0.497 e. The Morgan fingerprint density at radius 3 is 2.57 bits per heavy atom. The molecule has 1 aliphatic heterocycles. The maximum Gasteiger partial charge on any atom is 0.273 e. The zero-order valence-electron chi connectivity index (χ0n) is 17.5. The van der Waals surface area contributed by atoms with Crippen molar-refractivity contribution in [1.29, 1.82) is 0 Å². The summed E-state index contributed by atoms with van der Waals surface area (Å²) in [4.78, 5) is 27.0. The van der Waals surface area contributed by atoms with E-state index in [0.717, 1.165) is 29.5 Å². The van der Waals surface area contributed by atoms with E-state index in [2.05, 4.69) is 24.2 Å². The summed E-state index contributed by atoms with van der Waals surface area (Å²) < 4.78 is 6.94. The summed E-state index contributed by atoms with van der Waals surface area (Å²) in [6, 6.07) is 17.5. The third-order valence-corrected chi connectivity index (χ3v) is 5.72. The van der Waals surface area contributed by atoms with E-state index in [-0.39, 0.29) is 5.91 Å². The van der Waals surface area contributed by atoms with Gasteiger partial charge in [0.1, 0.15) is 23.3 Å². The number of methoxy groups -OCH3 is 1. The van der Waals surface area contributed by atoms with Gasteiger partial charge in [0.15, 0.2) is 0 Å². The highest BCUT2D eigenvalue weighted by atomic mass is 16.5. The van der Waals surface area contributed by atoms with Gasteiger partial charge in [0, 0.05) is 12.1 Å². The predicted molar refractivity (Wildman–Crippen MR) is 114 cm³/mol. The molecule has 0 N–H and O–H groups in total. The van der Waals surface area contributed by atoms with Crippen LogP contribution in [0.2, 0.25) is 0 Å². The van der Waals surface area contributed by atoms with Gasteiger partial charge >= 0.3 is 0 Å². The van der Waals surface area contributed by atoms with Crippen molar-refractivity contribution in [3.8, 4) is 17.0 Å². The van der Waals surface area contributed by atoms with Gasteiger partial charge in [0.25, 0.3) is 5.91 Å². The van der Waals surface area contributed by atoms with E-state index >= 15 is 0 Å². The van der Waals surface area contributed by atoms with E-state index in [0.29, 0.717) is 24.5 Å². The number of aromatic nitrogens is 2. The number of nitrogens with zero attached hydrogens (tertiary/aromatic N) is 3. The van der Waals surface area contributed by atoms with Crippen LogP contribution < -0.4 is 4.74 Å². The molecule has 0 fully saturated rings. The number of rotatable bonds is 6. The van der Waals surface area contributed by atoms with Gasteiger partial charge in [-0.1, -0.05) is 43.3 Å². The Morgan fingerprint density at radius 1 is 1.13 bits per heavy atom. The summed E-state index contributed by atoms with van der Waals surface area (Å²) in [5, 5.41) is 4.63. The summed E-state index contributed by atoms with van der Waals surface area (Å²) in [6.07, 6.45) is 1.81. The fourth-order valence-corrected chi connectivity index (χ4v) is 3.83. The number of fused-ring (bicyclic) bond motifs is 1. The Bertz CT molecular complexity index is 1090. The van der Waals surface area contributed by atoms with E-state index in [9.17, 15) is 9.59 Å². The van der Waals surface area contributed by atoms with Crippen molar-refractivity contribution in [3.05, 3.63) is 71.4 Å². The van der Waals surface area contributed by atoms with Crippen molar-refractivity contribution in [2.45, 2.75) is 38.9 Å². The standard InChI is InChI=1S/C24H25N3O3/c1-4-17-8-10-19(11-9-17)21-13-22-23(29)26(24(2,16-28)15-27(22)25-21)14-18-6-5-7-20(12-18)30-3/h5-13,16H,4,14-15H2,1-3H3. The molecule has 1 aliphatic rings. The fourth-order valence-electron chi connectivity index (χ4n) is 3.83. The number of aldehydes is 1. The van der Waals surface area contributed by atoms with Crippen molar-refractivity contribution in [1.82, 2.24) is 14.7 Å². The smallest absolute Gasteiger partial charge is 0.273 e. The van der Waals surface area contributed by atoms with Gasteiger partial charge < -0.3 is 14.4 Å². The Kier molecular flexibility index (Phi) is 5.16. The topological polar surface area (TPSA) is 64.4 Å². The Labute approximate surface area is 176 Å². The lowest BCUT2D eigenvalue weighted by molar-refractivity contribution is -0.118. The molecule has 0 radical (unpaired) electrons. The molecule has 3 aromatic rings. The number of carbonyl (C=O) groups excluding carboxylic acids is 2. The zero-order chi connectivity index (χ0) is 21.3. The van der Waals surface area contributed by atoms with Gasteiger partial charge in [-0.15, -0.1) is 0 Å². The second kappa shape index (κ2) is 7.78. The lowest BCUT2D eigenvalue weighted by Gasteiger charge is -2.41. The molecule has 1 atom stereocenters. The summed E-state index contributed by atoms with van der Waals surface area (Å²) in [5.41, 5.74) is 3.34. The number of hydrogen-bond donors (Lipinski definition) is 0. The first-order valence-electron chi connectivity index (χ1n) is 10.1. The van der Waals surface area contributed by atoms with Crippen molar-refractivity contribution < 1.29 is 14.3 Å².